The summed E-state index contributed by atoms with van der Waals surface area (Å²) in [5.41, 5.74) is 3.23. The highest BCUT2D eigenvalue weighted by Crippen LogP contribution is 2.32. The number of esters is 1. The maximum atomic E-state index is 12.6. The van der Waals surface area contributed by atoms with E-state index in [9.17, 15) is 9.59 Å². The van der Waals surface area contributed by atoms with Crippen molar-refractivity contribution in [1.82, 2.24) is 0 Å². The third-order valence-corrected chi connectivity index (χ3v) is 4.21. The van der Waals surface area contributed by atoms with Crippen LogP contribution in [0, 0.1) is 0 Å². The molecule has 0 bridgehead atoms. The predicted molar refractivity (Wildman–Crippen MR) is 86.8 cm³/mol. The van der Waals surface area contributed by atoms with Crippen LogP contribution in [0.25, 0.3) is 0 Å². The SMILES string of the molecule is COC(=O)Cc1ccccc1N1Cc2cc(Br)ccc2C1=O. The number of benzene rings is 2. The van der Waals surface area contributed by atoms with Gasteiger partial charge in [-0.05, 0) is 35.4 Å². The quantitative estimate of drug-likeness (QED) is 0.789. The Bertz CT molecular complexity index is 757. The molecule has 0 aliphatic carbocycles. The van der Waals surface area contributed by atoms with Crippen LogP contribution in [0.1, 0.15) is 21.5 Å². The lowest BCUT2D eigenvalue weighted by Crippen LogP contribution is -2.24. The second-order valence-corrected chi connectivity index (χ2v) is 5.99. The van der Waals surface area contributed by atoms with E-state index in [2.05, 4.69) is 15.9 Å². The van der Waals surface area contributed by atoms with Gasteiger partial charge in [-0.3, -0.25) is 9.59 Å². The molecule has 0 saturated carbocycles. The predicted octanol–water partition coefficient (Wildman–Crippen LogP) is 3.33. The zero-order valence-electron chi connectivity index (χ0n) is 12.0. The maximum Gasteiger partial charge on any atom is 0.310 e. The molecule has 4 nitrogen and oxygen atoms in total. The van der Waals surface area contributed by atoms with Gasteiger partial charge in [0.05, 0.1) is 20.1 Å². The zero-order valence-corrected chi connectivity index (χ0v) is 13.6. The van der Waals surface area contributed by atoms with Gasteiger partial charge in [0.15, 0.2) is 0 Å². The number of carbonyl (C=O) groups excluding carboxylic acids is 2. The smallest absolute Gasteiger partial charge is 0.310 e. The highest BCUT2D eigenvalue weighted by Gasteiger charge is 2.30. The minimum Gasteiger partial charge on any atom is -0.469 e. The van der Waals surface area contributed by atoms with Crippen molar-refractivity contribution >= 4 is 33.5 Å². The average Bonchev–Trinajstić information content (AvgIpc) is 2.84. The van der Waals surface area contributed by atoms with Gasteiger partial charge in [-0.1, -0.05) is 34.1 Å². The van der Waals surface area contributed by atoms with E-state index in [1.165, 1.54) is 7.11 Å². The molecule has 1 amide bonds. The van der Waals surface area contributed by atoms with Crippen LogP contribution in [0.2, 0.25) is 0 Å². The Morgan fingerprint density at radius 1 is 1.27 bits per heavy atom. The monoisotopic (exact) mass is 359 g/mol. The number of anilines is 1. The minimum absolute atomic E-state index is 0.0418. The van der Waals surface area contributed by atoms with Crippen molar-refractivity contribution in [2.45, 2.75) is 13.0 Å². The molecule has 0 saturated heterocycles. The van der Waals surface area contributed by atoms with Gasteiger partial charge in [-0.25, -0.2) is 0 Å². The molecule has 0 N–H and O–H groups in total. The molecule has 1 heterocycles. The molecule has 112 valence electrons. The summed E-state index contributed by atoms with van der Waals surface area (Å²) in [6.45, 7) is 0.506. The van der Waals surface area contributed by atoms with E-state index in [4.69, 9.17) is 4.74 Å². The standard InChI is InChI=1S/C17H14BrNO3/c1-22-16(20)9-11-4-2-3-5-15(11)19-10-12-8-13(18)6-7-14(12)17(19)21/h2-8H,9-10H2,1H3. The molecule has 0 atom stereocenters. The third-order valence-electron chi connectivity index (χ3n) is 3.72. The fourth-order valence-corrected chi connectivity index (χ4v) is 3.04. The second-order valence-electron chi connectivity index (χ2n) is 5.07. The first-order chi connectivity index (χ1) is 10.6. The number of nitrogens with zero attached hydrogens (tertiary/aromatic N) is 1. The number of fused-ring (bicyclic) bond motifs is 1. The molecule has 3 rings (SSSR count). The van der Waals surface area contributed by atoms with Crippen molar-refractivity contribution in [3.05, 3.63) is 63.6 Å². The molecule has 2 aromatic rings. The second kappa shape index (κ2) is 5.93. The maximum absolute atomic E-state index is 12.6. The van der Waals surface area contributed by atoms with E-state index in [0.717, 1.165) is 21.3 Å². The van der Waals surface area contributed by atoms with E-state index in [1.807, 2.05) is 42.5 Å². The molecule has 0 aromatic heterocycles. The Balaban J connectivity index is 1.97. The summed E-state index contributed by atoms with van der Waals surface area (Å²) < 4.78 is 5.68. The van der Waals surface area contributed by atoms with Gasteiger partial charge in [0.25, 0.3) is 5.91 Å². The summed E-state index contributed by atoms with van der Waals surface area (Å²) in [6.07, 6.45) is 0.149. The number of ether oxygens (including phenoxy) is 1. The highest BCUT2D eigenvalue weighted by atomic mass is 79.9. The topological polar surface area (TPSA) is 46.6 Å². The normalized spacial score (nSPS) is 13.2. The fourth-order valence-electron chi connectivity index (χ4n) is 2.64. The number of carbonyl (C=O) groups is 2. The zero-order chi connectivity index (χ0) is 15.7. The van der Waals surface area contributed by atoms with Crippen LogP contribution in [-0.2, 0) is 22.5 Å². The first-order valence-corrected chi connectivity index (χ1v) is 7.64. The van der Waals surface area contributed by atoms with Gasteiger partial charge >= 0.3 is 5.97 Å². The van der Waals surface area contributed by atoms with Crippen LogP contribution >= 0.6 is 15.9 Å². The fraction of sp³-hybridized carbons (Fsp3) is 0.176. The lowest BCUT2D eigenvalue weighted by atomic mass is 10.1. The number of para-hydroxylation sites is 1. The Hall–Kier alpha value is -2.14. The summed E-state index contributed by atoms with van der Waals surface area (Å²) in [4.78, 5) is 25.9. The largest absolute Gasteiger partial charge is 0.469 e. The van der Waals surface area contributed by atoms with E-state index in [-0.39, 0.29) is 18.3 Å². The molecule has 2 aromatic carbocycles. The van der Waals surface area contributed by atoms with E-state index >= 15 is 0 Å². The summed E-state index contributed by atoms with van der Waals surface area (Å²) in [5.74, 6) is -0.362. The molecule has 1 aliphatic rings. The van der Waals surface area contributed by atoms with E-state index < -0.39 is 0 Å². The number of rotatable bonds is 3. The third kappa shape index (κ3) is 2.64. The molecule has 22 heavy (non-hydrogen) atoms. The van der Waals surface area contributed by atoms with Crippen molar-refractivity contribution in [3.63, 3.8) is 0 Å². The summed E-state index contributed by atoms with van der Waals surface area (Å²) >= 11 is 3.43. The molecule has 0 unspecified atom stereocenters. The number of hydrogen-bond donors (Lipinski definition) is 0. The van der Waals surface area contributed by atoms with Gasteiger partial charge in [-0.15, -0.1) is 0 Å². The van der Waals surface area contributed by atoms with Crippen molar-refractivity contribution in [2.75, 3.05) is 12.0 Å². The first kappa shape index (κ1) is 14.8. The average molecular weight is 360 g/mol. The summed E-state index contributed by atoms with van der Waals surface area (Å²) in [7, 11) is 1.36. The lowest BCUT2D eigenvalue weighted by Gasteiger charge is -2.19. The summed E-state index contributed by atoms with van der Waals surface area (Å²) in [6, 6.07) is 13.1. The van der Waals surface area contributed by atoms with Crippen molar-refractivity contribution < 1.29 is 14.3 Å². The molecule has 0 radical (unpaired) electrons. The first-order valence-electron chi connectivity index (χ1n) is 6.85. The van der Waals surface area contributed by atoms with Crippen molar-refractivity contribution in [3.8, 4) is 0 Å². The summed E-state index contributed by atoms with van der Waals surface area (Å²) in [5, 5.41) is 0. The lowest BCUT2D eigenvalue weighted by molar-refractivity contribution is -0.139. The van der Waals surface area contributed by atoms with Gasteiger partial charge in [-0.2, -0.15) is 0 Å². The Kier molecular flexibility index (Phi) is 3.98. The van der Waals surface area contributed by atoms with Crippen LogP contribution in [0.3, 0.4) is 0 Å². The molecule has 0 spiro atoms. The number of hydrogen-bond acceptors (Lipinski definition) is 3. The van der Waals surface area contributed by atoms with Gasteiger partial charge < -0.3 is 9.64 Å². The van der Waals surface area contributed by atoms with Gasteiger partial charge in [0, 0.05) is 15.7 Å². The highest BCUT2D eigenvalue weighted by molar-refractivity contribution is 9.10. The van der Waals surface area contributed by atoms with Crippen molar-refractivity contribution in [1.29, 1.82) is 0 Å². The molecule has 0 fully saturated rings. The van der Waals surface area contributed by atoms with Crippen LogP contribution < -0.4 is 4.90 Å². The van der Waals surface area contributed by atoms with E-state index in [1.54, 1.807) is 4.90 Å². The minimum atomic E-state index is -0.320. The molecular formula is C17H14BrNO3. The Morgan fingerprint density at radius 3 is 2.82 bits per heavy atom. The van der Waals surface area contributed by atoms with Crippen LogP contribution in [0.4, 0.5) is 5.69 Å². The van der Waals surface area contributed by atoms with Crippen LogP contribution in [0.5, 0.6) is 0 Å². The number of amides is 1. The molecular weight excluding hydrogens is 346 g/mol. The number of halogens is 1. The Morgan fingerprint density at radius 2 is 2.05 bits per heavy atom. The van der Waals surface area contributed by atoms with Crippen LogP contribution in [-0.4, -0.2) is 19.0 Å². The van der Waals surface area contributed by atoms with Gasteiger partial charge in [0.2, 0.25) is 0 Å². The van der Waals surface area contributed by atoms with Crippen LogP contribution in [0.15, 0.2) is 46.9 Å². The molecule has 1 aliphatic heterocycles. The number of methoxy groups -OCH3 is 1. The Labute approximate surface area is 136 Å². The van der Waals surface area contributed by atoms with Crippen molar-refractivity contribution in [2.24, 2.45) is 0 Å². The molecule has 5 heteroatoms. The van der Waals surface area contributed by atoms with Gasteiger partial charge in [0.1, 0.15) is 0 Å². The van der Waals surface area contributed by atoms with E-state index in [0.29, 0.717) is 12.1 Å².